The van der Waals surface area contributed by atoms with E-state index >= 15 is 0 Å². The zero-order valence-corrected chi connectivity index (χ0v) is 9.88. The van der Waals surface area contributed by atoms with Gasteiger partial charge < -0.3 is 10.8 Å². The van der Waals surface area contributed by atoms with E-state index in [1.807, 2.05) is 6.92 Å². The summed E-state index contributed by atoms with van der Waals surface area (Å²) in [6, 6.07) is 1.98. The molecule has 0 aromatic carbocycles. The summed E-state index contributed by atoms with van der Waals surface area (Å²) in [6.45, 7) is 0.735. The van der Waals surface area contributed by atoms with Gasteiger partial charge in [-0.2, -0.15) is 0 Å². The molecule has 0 radical (unpaired) electrons. The highest BCUT2D eigenvalue weighted by atomic mass is 35.5. The van der Waals surface area contributed by atoms with Gasteiger partial charge in [-0.15, -0.1) is 23.7 Å². The second-order valence-electron chi connectivity index (χ2n) is 3.05. The van der Waals surface area contributed by atoms with E-state index in [0.717, 1.165) is 11.3 Å². The van der Waals surface area contributed by atoms with Crippen LogP contribution in [-0.2, 0) is 6.42 Å². The van der Waals surface area contributed by atoms with Gasteiger partial charge in [0, 0.05) is 9.75 Å². The number of rotatable bonds is 4. The van der Waals surface area contributed by atoms with Gasteiger partial charge in [-0.25, -0.2) is 8.78 Å². The monoisotopic (exact) mass is 257 g/mol. The van der Waals surface area contributed by atoms with E-state index in [-0.39, 0.29) is 12.4 Å². The van der Waals surface area contributed by atoms with Crippen LogP contribution in [0, 0.1) is 0 Å². The lowest BCUT2D eigenvalue weighted by atomic mass is 10.1. The summed E-state index contributed by atoms with van der Waals surface area (Å²) in [6.07, 6.45) is 0.808. The Morgan fingerprint density at radius 3 is 2.53 bits per heavy atom. The fraction of sp³-hybridized carbons (Fsp3) is 0.556. The Morgan fingerprint density at radius 2 is 2.13 bits per heavy atom. The lowest BCUT2D eigenvalue weighted by molar-refractivity contribution is -0.0703. The normalized spacial score (nSPS) is 13.4. The predicted octanol–water partition coefficient (Wildman–Crippen LogP) is 2.36. The Kier molecular flexibility index (Phi) is 5.66. The second kappa shape index (κ2) is 5.75. The third-order valence-electron chi connectivity index (χ3n) is 2.00. The van der Waals surface area contributed by atoms with Crippen molar-refractivity contribution in [3.05, 3.63) is 21.9 Å². The molecule has 1 rings (SSSR count). The van der Waals surface area contributed by atoms with Crippen molar-refractivity contribution in [1.82, 2.24) is 0 Å². The van der Waals surface area contributed by atoms with Crippen LogP contribution in [0.1, 0.15) is 22.7 Å². The first-order valence-corrected chi connectivity index (χ1v) is 5.15. The van der Waals surface area contributed by atoms with Gasteiger partial charge >= 0.3 is 0 Å². The molecule has 0 amide bonds. The molecule has 0 aliphatic heterocycles. The topological polar surface area (TPSA) is 46.2 Å². The first-order valence-electron chi connectivity index (χ1n) is 4.34. The molecule has 0 fully saturated rings. The largest absolute Gasteiger partial charge is 0.390 e. The molecule has 6 heteroatoms. The van der Waals surface area contributed by atoms with Crippen LogP contribution in [0.5, 0.6) is 0 Å². The third kappa shape index (κ3) is 3.38. The van der Waals surface area contributed by atoms with Crippen LogP contribution in [0.25, 0.3) is 0 Å². The summed E-state index contributed by atoms with van der Waals surface area (Å²) in [4.78, 5) is 1.44. The van der Waals surface area contributed by atoms with Gasteiger partial charge in [0.05, 0.1) is 0 Å². The number of alkyl halides is 2. The van der Waals surface area contributed by atoms with Gasteiger partial charge in [0.15, 0.2) is 0 Å². The van der Waals surface area contributed by atoms with Crippen molar-refractivity contribution >= 4 is 23.7 Å². The van der Waals surface area contributed by atoms with E-state index < -0.39 is 18.6 Å². The predicted molar refractivity (Wildman–Crippen MR) is 59.9 cm³/mol. The number of aryl methyl sites for hydroxylation is 1. The summed E-state index contributed by atoms with van der Waals surface area (Å²) >= 11 is 1.27. The summed E-state index contributed by atoms with van der Waals surface area (Å²) in [5.41, 5.74) is 5.35. The number of aliphatic hydroxyl groups excluding tert-OH is 1. The van der Waals surface area contributed by atoms with Crippen molar-refractivity contribution in [3.8, 4) is 0 Å². The third-order valence-corrected chi connectivity index (χ3v) is 3.32. The molecule has 88 valence electrons. The number of thiophene rings is 1. The highest BCUT2D eigenvalue weighted by molar-refractivity contribution is 7.12. The van der Waals surface area contributed by atoms with Gasteiger partial charge in [0.1, 0.15) is 12.6 Å². The van der Waals surface area contributed by atoms with Crippen molar-refractivity contribution in [2.24, 2.45) is 5.73 Å². The zero-order valence-electron chi connectivity index (χ0n) is 8.24. The number of hydrogen-bond donors (Lipinski definition) is 2. The minimum atomic E-state index is -3.24. The zero-order chi connectivity index (χ0) is 10.8. The standard InChI is InChI=1S/C9H13F2NOS.ClH/c1-2-6-3-4-7(14-6)8(12)9(10,11)5-13;/h3-4,8,13H,2,5,12H2,1H3;1H/t8-;/m0./s1. The highest BCUT2D eigenvalue weighted by Gasteiger charge is 2.38. The lowest BCUT2D eigenvalue weighted by Crippen LogP contribution is -2.35. The molecule has 1 aromatic heterocycles. The fourth-order valence-corrected chi connectivity index (χ4v) is 2.08. The van der Waals surface area contributed by atoms with Gasteiger partial charge in [-0.3, -0.25) is 0 Å². The van der Waals surface area contributed by atoms with Crippen LogP contribution in [0.3, 0.4) is 0 Å². The van der Waals surface area contributed by atoms with Crippen LogP contribution in [0.4, 0.5) is 8.78 Å². The van der Waals surface area contributed by atoms with E-state index in [0.29, 0.717) is 4.88 Å². The first kappa shape index (κ1) is 14.8. The quantitative estimate of drug-likeness (QED) is 0.870. The van der Waals surface area contributed by atoms with E-state index in [1.165, 1.54) is 11.3 Å². The summed E-state index contributed by atoms with van der Waals surface area (Å²) in [5, 5.41) is 8.46. The molecule has 0 spiro atoms. The Morgan fingerprint density at radius 1 is 1.53 bits per heavy atom. The van der Waals surface area contributed by atoms with E-state index in [2.05, 4.69) is 0 Å². The maximum Gasteiger partial charge on any atom is 0.290 e. The van der Waals surface area contributed by atoms with Crippen molar-refractivity contribution < 1.29 is 13.9 Å². The van der Waals surface area contributed by atoms with Crippen LogP contribution in [0.2, 0.25) is 0 Å². The molecular weight excluding hydrogens is 244 g/mol. The second-order valence-corrected chi connectivity index (χ2v) is 4.25. The molecule has 0 unspecified atom stereocenters. The smallest absolute Gasteiger partial charge is 0.290 e. The van der Waals surface area contributed by atoms with Crippen LogP contribution >= 0.6 is 23.7 Å². The maximum absolute atomic E-state index is 13.0. The average molecular weight is 258 g/mol. The molecule has 0 saturated carbocycles. The van der Waals surface area contributed by atoms with Gasteiger partial charge in [-0.1, -0.05) is 6.92 Å². The minimum Gasteiger partial charge on any atom is -0.390 e. The minimum absolute atomic E-state index is 0. The van der Waals surface area contributed by atoms with Gasteiger partial charge in [0.25, 0.3) is 5.92 Å². The molecule has 1 aromatic rings. The maximum atomic E-state index is 13.0. The Labute approximate surface area is 97.5 Å². The Balaban J connectivity index is 0.00000196. The molecule has 0 bridgehead atoms. The molecule has 15 heavy (non-hydrogen) atoms. The molecule has 2 nitrogen and oxygen atoms in total. The number of aliphatic hydroxyl groups is 1. The van der Waals surface area contributed by atoms with Crippen molar-refractivity contribution in [3.63, 3.8) is 0 Å². The summed E-state index contributed by atoms with van der Waals surface area (Å²) in [5.74, 6) is -3.24. The molecule has 0 aliphatic rings. The SMILES string of the molecule is CCc1ccc([C@H](N)C(F)(F)CO)s1.Cl. The van der Waals surface area contributed by atoms with Crippen molar-refractivity contribution in [2.75, 3.05) is 6.61 Å². The number of hydrogen-bond acceptors (Lipinski definition) is 3. The highest BCUT2D eigenvalue weighted by Crippen LogP contribution is 2.32. The Bertz CT molecular complexity index is 306. The van der Waals surface area contributed by atoms with E-state index in [4.69, 9.17) is 10.8 Å². The number of halogens is 3. The molecule has 3 N–H and O–H groups in total. The first-order chi connectivity index (χ1) is 6.51. The fourth-order valence-electron chi connectivity index (χ4n) is 1.06. The van der Waals surface area contributed by atoms with Gasteiger partial charge in [-0.05, 0) is 18.6 Å². The Hall–Kier alpha value is -0.230. The van der Waals surface area contributed by atoms with E-state index in [1.54, 1.807) is 12.1 Å². The van der Waals surface area contributed by atoms with Crippen molar-refractivity contribution in [1.29, 1.82) is 0 Å². The lowest BCUT2D eigenvalue weighted by Gasteiger charge is -2.19. The van der Waals surface area contributed by atoms with Gasteiger partial charge in [0.2, 0.25) is 0 Å². The average Bonchev–Trinajstić information content (AvgIpc) is 2.64. The van der Waals surface area contributed by atoms with Crippen LogP contribution in [-0.4, -0.2) is 17.6 Å². The molecule has 0 saturated heterocycles. The molecule has 1 heterocycles. The summed E-state index contributed by atoms with van der Waals surface area (Å²) in [7, 11) is 0. The molecule has 1 atom stereocenters. The van der Waals surface area contributed by atoms with E-state index in [9.17, 15) is 8.78 Å². The summed E-state index contributed by atoms with van der Waals surface area (Å²) < 4.78 is 26.0. The number of nitrogens with two attached hydrogens (primary N) is 1. The van der Waals surface area contributed by atoms with Crippen LogP contribution in [0.15, 0.2) is 12.1 Å². The van der Waals surface area contributed by atoms with Crippen LogP contribution < -0.4 is 5.73 Å². The molecule has 0 aliphatic carbocycles. The molecular formula is C9H14ClF2NOS. The van der Waals surface area contributed by atoms with Crippen molar-refractivity contribution in [2.45, 2.75) is 25.3 Å².